The summed E-state index contributed by atoms with van der Waals surface area (Å²) >= 11 is 0. The Morgan fingerprint density at radius 3 is 2.42 bits per heavy atom. The number of hydrogen-bond acceptors (Lipinski definition) is 4. The molecule has 138 valence electrons. The summed E-state index contributed by atoms with van der Waals surface area (Å²) in [6.45, 7) is 3.68. The first-order chi connectivity index (χ1) is 12.3. The van der Waals surface area contributed by atoms with Crippen molar-refractivity contribution in [2.45, 2.75) is 26.7 Å². The third kappa shape index (κ3) is 5.55. The quantitative estimate of drug-likeness (QED) is 0.477. The van der Waals surface area contributed by atoms with Gasteiger partial charge in [-0.25, -0.2) is 0 Å². The number of hydrogen-bond donors (Lipinski definition) is 3. The van der Waals surface area contributed by atoms with Crippen molar-refractivity contribution in [2.24, 2.45) is 5.41 Å². The molecule has 0 fully saturated rings. The molecular formula is C21H24O5. The molecule has 3 N–H and O–H groups in total. The van der Waals surface area contributed by atoms with Crippen LogP contribution in [-0.4, -0.2) is 27.9 Å². The molecular weight excluding hydrogens is 332 g/mol. The van der Waals surface area contributed by atoms with Gasteiger partial charge in [0, 0.05) is 0 Å². The number of phenols is 2. The minimum absolute atomic E-state index is 0.0389. The number of benzene rings is 2. The van der Waals surface area contributed by atoms with Gasteiger partial charge in [0.1, 0.15) is 5.75 Å². The SMILES string of the molecule is CC(C)(CCCOc1cc(/C=C/c2cccc(O)c2)ccc1O)C(=O)O. The lowest BCUT2D eigenvalue weighted by atomic mass is 9.88. The summed E-state index contributed by atoms with van der Waals surface area (Å²) in [5, 5.41) is 28.5. The van der Waals surface area contributed by atoms with Gasteiger partial charge in [0.15, 0.2) is 11.5 Å². The normalized spacial score (nSPS) is 11.6. The van der Waals surface area contributed by atoms with Gasteiger partial charge in [-0.15, -0.1) is 0 Å². The second-order valence-corrected chi connectivity index (χ2v) is 6.80. The van der Waals surface area contributed by atoms with Crippen LogP contribution in [0.2, 0.25) is 0 Å². The number of aromatic hydroxyl groups is 2. The lowest BCUT2D eigenvalue weighted by Gasteiger charge is -2.18. The number of aliphatic carboxylic acids is 1. The van der Waals surface area contributed by atoms with Crippen molar-refractivity contribution in [1.29, 1.82) is 0 Å². The van der Waals surface area contributed by atoms with E-state index in [0.29, 0.717) is 25.2 Å². The molecule has 5 heteroatoms. The molecule has 0 atom stereocenters. The van der Waals surface area contributed by atoms with Crippen LogP contribution in [0.5, 0.6) is 17.2 Å². The van der Waals surface area contributed by atoms with E-state index in [2.05, 4.69) is 0 Å². The summed E-state index contributed by atoms with van der Waals surface area (Å²) in [6.07, 6.45) is 4.77. The van der Waals surface area contributed by atoms with Crippen molar-refractivity contribution in [2.75, 3.05) is 6.61 Å². The first-order valence-electron chi connectivity index (χ1n) is 8.44. The molecule has 0 amide bonds. The molecule has 0 saturated heterocycles. The number of ether oxygens (including phenoxy) is 1. The van der Waals surface area contributed by atoms with Gasteiger partial charge in [-0.1, -0.05) is 30.4 Å². The predicted molar refractivity (Wildman–Crippen MR) is 101 cm³/mol. The van der Waals surface area contributed by atoms with E-state index in [0.717, 1.165) is 11.1 Å². The third-order valence-electron chi connectivity index (χ3n) is 4.10. The van der Waals surface area contributed by atoms with Gasteiger partial charge in [-0.05, 0) is 62.1 Å². The van der Waals surface area contributed by atoms with Crippen molar-refractivity contribution >= 4 is 18.1 Å². The third-order valence-corrected chi connectivity index (χ3v) is 4.10. The van der Waals surface area contributed by atoms with Crippen LogP contribution in [0.25, 0.3) is 12.2 Å². The Morgan fingerprint density at radius 1 is 1.08 bits per heavy atom. The minimum atomic E-state index is -0.834. The highest BCUT2D eigenvalue weighted by Crippen LogP contribution is 2.29. The number of rotatable bonds is 8. The summed E-state index contributed by atoms with van der Waals surface area (Å²) in [6, 6.07) is 11.9. The largest absolute Gasteiger partial charge is 0.508 e. The van der Waals surface area contributed by atoms with Gasteiger partial charge in [0.05, 0.1) is 12.0 Å². The molecule has 0 aromatic heterocycles. The Bertz CT molecular complexity index is 793. The van der Waals surface area contributed by atoms with Gasteiger partial charge in [0.25, 0.3) is 0 Å². The molecule has 26 heavy (non-hydrogen) atoms. The zero-order valence-corrected chi connectivity index (χ0v) is 15.0. The fourth-order valence-corrected chi connectivity index (χ4v) is 2.37. The van der Waals surface area contributed by atoms with E-state index in [1.165, 1.54) is 0 Å². The van der Waals surface area contributed by atoms with Crippen LogP contribution in [0.4, 0.5) is 0 Å². The summed E-state index contributed by atoms with van der Waals surface area (Å²) < 4.78 is 5.61. The molecule has 0 aliphatic carbocycles. The Balaban J connectivity index is 1.97. The Labute approximate surface area is 153 Å². The molecule has 0 bridgehead atoms. The highest BCUT2D eigenvalue weighted by molar-refractivity contribution is 5.73. The van der Waals surface area contributed by atoms with Gasteiger partial charge in [-0.3, -0.25) is 4.79 Å². The molecule has 0 aliphatic heterocycles. The van der Waals surface area contributed by atoms with E-state index in [4.69, 9.17) is 9.84 Å². The molecule has 2 aromatic carbocycles. The Hall–Kier alpha value is -2.95. The molecule has 5 nitrogen and oxygen atoms in total. The van der Waals surface area contributed by atoms with Crippen molar-refractivity contribution in [3.63, 3.8) is 0 Å². The highest BCUT2D eigenvalue weighted by atomic mass is 16.5. The second-order valence-electron chi connectivity index (χ2n) is 6.80. The second kappa shape index (κ2) is 8.43. The number of phenolic OH excluding ortho intramolecular Hbond substituents is 2. The zero-order valence-electron chi connectivity index (χ0n) is 15.0. The molecule has 2 rings (SSSR count). The van der Waals surface area contributed by atoms with Crippen LogP contribution in [0, 0.1) is 5.41 Å². The Kier molecular flexibility index (Phi) is 6.28. The van der Waals surface area contributed by atoms with E-state index >= 15 is 0 Å². The highest BCUT2D eigenvalue weighted by Gasteiger charge is 2.26. The maximum Gasteiger partial charge on any atom is 0.309 e. The number of carbonyl (C=O) groups is 1. The van der Waals surface area contributed by atoms with Gasteiger partial charge in [0.2, 0.25) is 0 Å². The van der Waals surface area contributed by atoms with E-state index in [1.54, 1.807) is 50.2 Å². The maximum atomic E-state index is 11.1. The van der Waals surface area contributed by atoms with Crippen LogP contribution in [0.15, 0.2) is 42.5 Å². The van der Waals surface area contributed by atoms with E-state index < -0.39 is 11.4 Å². The number of carboxylic acids is 1. The van der Waals surface area contributed by atoms with E-state index in [9.17, 15) is 15.0 Å². The molecule has 2 aromatic rings. The average Bonchev–Trinajstić information content (AvgIpc) is 2.59. The standard InChI is InChI=1S/C21H24O5/c1-21(2,20(24)25)11-4-12-26-19-14-16(9-10-18(19)23)8-7-15-5-3-6-17(22)13-15/h3,5-10,13-14,22-23H,4,11-12H2,1-2H3,(H,24,25)/b8-7+. The van der Waals surface area contributed by atoms with Gasteiger partial charge >= 0.3 is 5.97 Å². The molecule has 0 spiro atoms. The van der Waals surface area contributed by atoms with Gasteiger partial charge < -0.3 is 20.1 Å². The van der Waals surface area contributed by atoms with Crippen molar-refractivity contribution < 1.29 is 24.9 Å². The first kappa shape index (κ1) is 19.4. The van der Waals surface area contributed by atoms with Crippen molar-refractivity contribution in [1.82, 2.24) is 0 Å². The molecule has 0 heterocycles. The fraction of sp³-hybridized carbons (Fsp3) is 0.286. The van der Waals surface area contributed by atoms with Crippen LogP contribution in [-0.2, 0) is 4.79 Å². The van der Waals surface area contributed by atoms with Crippen LogP contribution < -0.4 is 4.74 Å². The summed E-state index contributed by atoms with van der Waals surface area (Å²) in [4.78, 5) is 11.1. The minimum Gasteiger partial charge on any atom is -0.508 e. The van der Waals surface area contributed by atoms with Crippen molar-refractivity contribution in [3.8, 4) is 17.2 Å². The molecule has 0 aliphatic rings. The van der Waals surface area contributed by atoms with Crippen LogP contribution >= 0.6 is 0 Å². The summed E-state index contributed by atoms with van der Waals surface area (Å²) in [5.74, 6) is -0.237. The summed E-state index contributed by atoms with van der Waals surface area (Å²) in [7, 11) is 0. The number of carboxylic acid groups (broad SMARTS) is 1. The lowest BCUT2D eigenvalue weighted by Crippen LogP contribution is -2.24. The Morgan fingerprint density at radius 2 is 1.77 bits per heavy atom. The average molecular weight is 356 g/mol. The van der Waals surface area contributed by atoms with Crippen LogP contribution in [0.1, 0.15) is 37.8 Å². The predicted octanol–water partition coefficient (Wildman–Crippen LogP) is 4.54. The van der Waals surface area contributed by atoms with Crippen LogP contribution in [0.3, 0.4) is 0 Å². The van der Waals surface area contributed by atoms with Crippen molar-refractivity contribution in [3.05, 3.63) is 53.6 Å². The summed E-state index contributed by atoms with van der Waals surface area (Å²) in [5.41, 5.74) is 0.903. The fourth-order valence-electron chi connectivity index (χ4n) is 2.37. The smallest absolute Gasteiger partial charge is 0.309 e. The first-order valence-corrected chi connectivity index (χ1v) is 8.44. The monoisotopic (exact) mass is 356 g/mol. The molecule has 0 saturated carbocycles. The topological polar surface area (TPSA) is 87.0 Å². The maximum absolute atomic E-state index is 11.1. The molecule has 0 unspecified atom stereocenters. The molecule has 0 radical (unpaired) electrons. The zero-order chi connectivity index (χ0) is 19.2. The van der Waals surface area contributed by atoms with Gasteiger partial charge in [-0.2, -0.15) is 0 Å². The lowest BCUT2D eigenvalue weighted by molar-refractivity contribution is -0.147. The van der Waals surface area contributed by atoms with E-state index in [-0.39, 0.29) is 11.5 Å². The van der Waals surface area contributed by atoms with E-state index in [1.807, 2.05) is 18.2 Å².